The number of halogens is 1. The van der Waals surface area contributed by atoms with Crippen LogP contribution < -0.4 is 5.43 Å². The van der Waals surface area contributed by atoms with Crippen LogP contribution in [0.25, 0.3) is 0 Å². The van der Waals surface area contributed by atoms with Crippen molar-refractivity contribution in [3.63, 3.8) is 0 Å². The van der Waals surface area contributed by atoms with Gasteiger partial charge in [0.1, 0.15) is 10.7 Å². The molecule has 0 atom stereocenters. The summed E-state index contributed by atoms with van der Waals surface area (Å²) in [7, 11) is -3.49. The Labute approximate surface area is 150 Å². The molecule has 8 heteroatoms. The molecule has 0 amide bonds. The maximum Gasteiger partial charge on any atom is 0.244 e. The number of hydrogen-bond acceptors (Lipinski definition) is 5. The number of nitrogens with zero attached hydrogens (tertiary/aromatic N) is 3. The van der Waals surface area contributed by atoms with Crippen LogP contribution in [-0.2, 0) is 10.0 Å². The predicted molar refractivity (Wildman–Crippen MR) is 99.7 cm³/mol. The molecule has 0 spiro atoms. The molecule has 0 saturated carbocycles. The molecule has 6 nitrogen and oxygen atoms in total. The molecule has 0 fully saturated rings. The van der Waals surface area contributed by atoms with E-state index in [1.807, 2.05) is 24.3 Å². The first-order chi connectivity index (χ1) is 11.5. The molecular formula is C16H19BrN4O2S. The highest BCUT2D eigenvalue weighted by molar-refractivity contribution is 9.10. The zero-order chi connectivity index (χ0) is 17.6. The fourth-order valence-electron chi connectivity index (χ4n) is 2.03. The summed E-state index contributed by atoms with van der Waals surface area (Å²) in [5.41, 5.74) is 3.72. The Bertz CT molecular complexity index is 786. The molecule has 0 aliphatic rings. The smallest absolute Gasteiger partial charge is 0.244 e. The molecule has 2 aromatic rings. The van der Waals surface area contributed by atoms with Crippen LogP contribution >= 0.6 is 15.9 Å². The summed E-state index contributed by atoms with van der Waals surface area (Å²) in [6.07, 6.45) is 3.00. The third-order valence-electron chi connectivity index (χ3n) is 3.34. The Kier molecular flexibility index (Phi) is 6.47. The summed E-state index contributed by atoms with van der Waals surface area (Å²) in [5.74, 6) is 0.474. The summed E-state index contributed by atoms with van der Waals surface area (Å²) >= 11 is 3.37. The van der Waals surface area contributed by atoms with Gasteiger partial charge in [0.05, 0.1) is 6.21 Å². The number of benzene rings is 1. The number of nitrogens with one attached hydrogen (secondary N) is 1. The minimum Gasteiger partial charge on any atom is -0.261 e. The molecule has 0 aliphatic heterocycles. The Hall–Kier alpha value is -1.77. The molecule has 1 N–H and O–H groups in total. The van der Waals surface area contributed by atoms with E-state index in [0.717, 1.165) is 10.0 Å². The molecule has 0 aliphatic carbocycles. The summed E-state index contributed by atoms with van der Waals surface area (Å²) in [5, 5.41) is 4.09. The SMILES string of the molecule is CCN(CC)S(=O)(=O)c1ccc(N/N=C/c2ccc(Br)cc2)nc1. The van der Waals surface area contributed by atoms with Crippen LogP contribution in [0.3, 0.4) is 0 Å². The highest BCUT2D eigenvalue weighted by Gasteiger charge is 2.21. The molecule has 128 valence electrons. The van der Waals surface area contributed by atoms with Gasteiger partial charge in [-0.2, -0.15) is 9.41 Å². The summed E-state index contributed by atoms with van der Waals surface area (Å²) < 4.78 is 27.1. The van der Waals surface area contributed by atoms with Crippen molar-refractivity contribution in [2.75, 3.05) is 18.5 Å². The van der Waals surface area contributed by atoms with Gasteiger partial charge < -0.3 is 0 Å². The first kappa shape index (κ1) is 18.6. The van der Waals surface area contributed by atoms with E-state index in [-0.39, 0.29) is 4.90 Å². The number of aromatic nitrogens is 1. The lowest BCUT2D eigenvalue weighted by Crippen LogP contribution is -2.30. The summed E-state index contributed by atoms with van der Waals surface area (Å²) in [6.45, 7) is 4.47. The molecule has 0 bridgehead atoms. The first-order valence-electron chi connectivity index (χ1n) is 7.48. The number of sulfonamides is 1. The molecule has 2 rings (SSSR count). The van der Waals surface area contributed by atoms with Crippen molar-refractivity contribution in [3.05, 3.63) is 52.6 Å². The van der Waals surface area contributed by atoms with Gasteiger partial charge in [-0.05, 0) is 29.8 Å². The second-order valence-electron chi connectivity index (χ2n) is 4.89. The lowest BCUT2D eigenvalue weighted by molar-refractivity contribution is 0.445. The van der Waals surface area contributed by atoms with Crippen LogP contribution in [-0.4, -0.2) is 37.0 Å². The van der Waals surface area contributed by atoms with Gasteiger partial charge in [0, 0.05) is 23.8 Å². The van der Waals surface area contributed by atoms with Gasteiger partial charge in [0.2, 0.25) is 10.0 Å². The van der Waals surface area contributed by atoms with E-state index in [0.29, 0.717) is 18.9 Å². The maximum atomic E-state index is 12.4. The van der Waals surface area contributed by atoms with Crippen molar-refractivity contribution in [1.82, 2.24) is 9.29 Å². The lowest BCUT2D eigenvalue weighted by Gasteiger charge is -2.18. The highest BCUT2D eigenvalue weighted by Crippen LogP contribution is 2.16. The van der Waals surface area contributed by atoms with Crippen molar-refractivity contribution >= 4 is 38.0 Å². The molecule has 0 radical (unpaired) electrons. The van der Waals surface area contributed by atoms with Gasteiger partial charge >= 0.3 is 0 Å². The van der Waals surface area contributed by atoms with Crippen molar-refractivity contribution in [3.8, 4) is 0 Å². The topological polar surface area (TPSA) is 74.7 Å². The predicted octanol–water partition coefficient (Wildman–Crippen LogP) is 3.32. The summed E-state index contributed by atoms with van der Waals surface area (Å²) in [4.78, 5) is 4.28. The van der Waals surface area contributed by atoms with Crippen LogP contribution in [0.4, 0.5) is 5.82 Å². The molecule has 1 aromatic heterocycles. The van der Waals surface area contributed by atoms with Gasteiger partial charge in [-0.25, -0.2) is 13.4 Å². The molecule has 0 unspecified atom stereocenters. The lowest BCUT2D eigenvalue weighted by atomic mass is 10.2. The number of pyridine rings is 1. The standard InChI is InChI=1S/C16H19BrN4O2S/c1-3-21(4-2)24(22,23)15-9-10-16(18-12-15)20-19-11-13-5-7-14(17)8-6-13/h5-12H,3-4H2,1-2H3,(H,18,20)/b19-11+. The minimum absolute atomic E-state index is 0.175. The van der Waals surface area contributed by atoms with Gasteiger partial charge in [0.15, 0.2) is 0 Å². The highest BCUT2D eigenvalue weighted by atomic mass is 79.9. The first-order valence-corrected chi connectivity index (χ1v) is 9.71. The zero-order valence-corrected chi connectivity index (χ0v) is 15.9. The van der Waals surface area contributed by atoms with Gasteiger partial charge in [-0.15, -0.1) is 0 Å². The van der Waals surface area contributed by atoms with Gasteiger partial charge in [-0.1, -0.05) is 41.9 Å². The van der Waals surface area contributed by atoms with Gasteiger partial charge in [-0.3, -0.25) is 5.43 Å². The number of anilines is 1. The van der Waals surface area contributed by atoms with E-state index < -0.39 is 10.0 Å². The second-order valence-corrected chi connectivity index (χ2v) is 7.74. The normalized spacial score (nSPS) is 12.0. The Morgan fingerprint density at radius 2 is 1.83 bits per heavy atom. The largest absolute Gasteiger partial charge is 0.261 e. The Balaban J connectivity index is 2.05. The van der Waals surface area contributed by atoms with E-state index in [2.05, 4.69) is 31.4 Å². The summed E-state index contributed by atoms with van der Waals surface area (Å²) in [6, 6.07) is 10.8. The molecule has 0 saturated heterocycles. The van der Waals surface area contributed by atoms with E-state index >= 15 is 0 Å². The number of rotatable bonds is 7. The number of hydrazone groups is 1. The maximum absolute atomic E-state index is 12.4. The average molecular weight is 411 g/mol. The molecule has 24 heavy (non-hydrogen) atoms. The second kappa shape index (κ2) is 8.36. The fourth-order valence-corrected chi connectivity index (χ4v) is 3.70. The molecular weight excluding hydrogens is 392 g/mol. The third kappa shape index (κ3) is 4.62. The fraction of sp³-hybridized carbons (Fsp3) is 0.250. The van der Waals surface area contributed by atoms with Crippen LogP contribution in [0, 0.1) is 0 Å². The van der Waals surface area contributed by atoms with Gasteiger partial charge in [0.25, 0.3) is 0 Å². The molecule has 1 aromatic carbocycles. The van der Waals surface area contributed by atoms with Crippen molar-refractivity contribution in [2.24, 2.45) is 5.10 Å². The third-order valence-corrected chi connectivity index (χ3v) is 5.90. The number of hydrogen-bond donors (Lipinski definition) is 1. The van der Waals surface area contributed by atoms with Crippen LogP contribution in [0.1, 0.15) is 19.4 Å². The molecule has 1 heterocycles. The Morgan fingerprint density at radius 1 is 1.17 bits per heavy atom. The van der Waals surface area contributed by atoms with E-state index in [1.165, 1.54) is 16.6 Å². The van der Waals surface area contributed by atoms with E-state index in [4.69, 9.17) is 0 Å². The average Bonchev–Trinajstić information content (AvgIpc) is 2.58. The van der Waals surface area contributed by atoms with Crippen LogP contribution in [0.15, 0.2) is 57.1 Å². The monoisotopic (exact) mass is 410 g/mol. The van der Waals surface area contributed by atoms with Crippen LogP contribution in [0.5, 0.6) is 0 Å². The van der Waals surface area contributed by atoms with Crippen molar-refractivity contribution < 1.29 is 8.42 Å². The minimum atomic E-state index is -3.49. The van der Waals surface area contributed by atoms with Crippen molar-refractivity contribution in [1.29, 1.82) is 0 Å². The quantitative estimate of drug-likeness (QED) is 0.560. The van der Waals surface area contributed by atoms with E-state index in [9.17, 15) is 8.42 Å². The van der Waals surface area contributed by atoms with Crippen LogP contribution in [0.2, 0.25) is 0 Å². The Morgan fingerprint density at radius 3 is 2.38 bits per heavy atom. The zero-order valence-electron chi connectivity index (χ0n) is 13.5. The van der Waals surface area contributed by atoms with E-state index in [1.54, 1.807) is 26.1 Å². The van der Waals surface area contributed by atoms with Crippen molar-refractivity contribution in [2.45, 2.75) is 18.7 Å².